The fraction of sp³-hybridized carbons (Fsp3) is 0.250. The van der Waals surface area contributed by atoms with Gasteiger partial charge in [-0.25, -0.2) is 0 Å². The van der Waals surface area contributed by atoms with E-state index in [2.05, 4.69) is 57.9 Å². The lowest BCUT2D eigenvalue weighted by atomic mass is 10.1. The Bertz CT molecular complexity index is 898. The molecule has 25 heavy (non-hydrogen) atoms. The Morgan fingerprint density at radius 3 is 2.88 bits per heavy atom. The highest BCUT2D eigenvalue weighted by molar-refractivity contribution is 14.0. The van der Waals surface area contributed by atoms with E-state index >= 15 is 0 Å². The molecular weight excluding hydrogens is 423 g/mol. The number of nitrogens with zero attached hydrogens (tertiary/aromatic N) is 1. The molecule has 0 radical (unpaired) electrons. The van der Waals surface area contributed by atoms with Gasteiger partial charge in [-0.3, -0.25) is 4.99 Å². The zero-order valence-corrected chi connectivity index (χ0v) is 16.4. The first kappa shape index (κ1) is 17.8. The zero-order valence-electron chi connectivity index (χ0n) is 14.1. The van der Waals surface area contributed by atoms with Crippen molar-refractivity contribution in [2.75, 3.05) is 11.9 Å². The van der Waals surface area contributed by atoms with Gasteiger partial charge in [-0.15, -0.1) is 24.0 Å². The summed E-state index contributed by atoms with van der Waals surface area (Å²) in [6.45, 7) is 0.672. The van der Waals surface area contributed by atoms with Gasteiger partial charge in [0.2, 0.25) is 0 Å². The van der Waals surface area contributed by atoms with Gasteiger partial charge in [0.1, 0.15) is 0 Å². The Balaban J connectivity index is 0.00000182. The SMILES string of the molecule is I.NC(=NCCc1c[nH]c2ccccc12)Nc1ccc2c(c1)CCC2. The van der Waals surface area contributed by atoms with E-state index in [0.29, 0.717) is 12.5 Å². The number of aromatic nitrogens is 1. The van der Waals surface area contributed by atoms with Gasteiger partial charge in [0, 0.05) is 29.3 Å². The summed E-state index contributed by atoms with van der Waals surface area (Å²) in [6.07, 6.45) is 6.56. The number of benzene rings is 2. The van der Waals surface area contributed by atoms with Crippen LogP contribution in [0, 0.1) is 0 Å². The molecule has 2 aromatic carbocycles. The Labute approximate surface area is 164 Å². The van der Waals surface area contributed by atoms with Crippen molar-refractivity contribution in [1.82, 2.24) is 4.98 Å². The third-order valence-corrected chi connectivity index (χ3v) is 4.71. The van der Waals surface area contributed by atoms with Crippen LogP contribution in [0.1, 0.15) is 23.1 Å². The minimum absolute atomic E-state index is 0. The van der Waals surface area contributed by atoms with Crippen molar-refractivity contribution in [3.8, 4) is 0 Å². The number of aryl methyl sites for hydroxylation is 2. The molecule has 1 aromatic heterocycles. The maximum Gasteiger partial charge on any atom is 0.193 e. The lowest BCUT2D eigenvalue weighted by Gasteiger charge is -2.08. The quantitative estimate of drug-likeness (QED) is 0.319. The van der Waals surface area contributed by atoms with Crippen LogP contribution in [0.5, 0.6) is 0 Å². The van der Waals surface area contributed by atoms with Crippen molar-refractivity contribution in [3.05, 3.63) is 65.4 Å². The third kappa shape index (κ3) is 3.98. The smallest absolute Gasteiger partial charge is 0.193 e. The molecule has 1 aliphatic carbocycles. The van der Waals surface area contributed by atoms with E-state index in [1.807, 2.05) is 6.07 Å². The summed E-state index contributed by atoms with van der Waals surface area (Å²) in [5.41, 5.74) is 12.4. The number of halogens is 1. The molecule has 1 aliphatic rings. The molecule has 130 valence electrons. The van der Waals surface area contributed by atoms with Gasteiger partial charge in [0.15, 0.2) is 5.96 Å². The molecule has 0 saturated heterocycles. The standard InChI is InChI=1S/C20H22N4.HI/c21-20(24-17-9-8-14-4-3-5-15(14)12-17)22-11-10-16-13-23-19-7-2-1-6-18(16)19;/h1-2,6-9,12-13,23H,3-5,10-11H2,(H3,21,22,24);1H. The number of fused-ring (bicyclic) bond motifs is 2. The number of para-hydroxylation sites is 1. The van der Waals surface area contributed by atoms with Gasteiger partial charge in [-0.1, -0.05) is 24.3 Å². The van der Waals surface area contributed by atoms with E-state index in [-0.39, 0.29) is 24.0 Å². The van der Waals surface area contributed by atoms with Crippen LogP contribution in [0.4, 0.5) is 5.69 Å². The van der Waals surface area contributed by atoms with Gasteiger partial charge in [0.05, 0.1) is 0 Å². The Morgan fingerprint density at radius 1 is 1.12 bits per heavy atom. The first-order valence-electron chi connectivity index (χ1n) is 8.53. The second kappa shape index (κ2) is 7.91. The molecule has 4 nitrogen and oxygen atoms in total. The Kier molecular flexibility index (Phi) is 5.63. The molecule has 1 heterocycles. The summed E-state index contributed by atoms with van der Waals surface area (Å²) in [5, 5.41) is 4.47. The predicted molar refractivity (Wildman–Crippen MR) is 116 cm³/mol. The molecule has 0 amide bonds. The van der Waals surface area contributed by atoms with E-state index in [4.69, 9.17) is 5.73 Å². The Hall–Kier alpha value is -2.02. The van der Waals surface area contributed by atoms with Gasteiger partial charge in [0.25, 0.3) is 0 Å². The van der Waals surface area contributed by atoms with Gasteiger partial charge < -0.3 is 16.0 Å². The number of anilines is 1. The number of H-pyrrole nitrogens is 1. The van der Waals surface area contributed by atoms with E-state index < -0.39 is 0 Å². The lowest BCUT2D eigenvalue weighted by molar-refractivity contribution is 0.912. The highest BCUT2D eigenvalue weighted by Gasteiger charge is 2.10. The van der Waals surface area contributed by atoms with Crippen LogP contribution in [0.2, 0.25) is 0 Å². The van der Waals surface area contributed by atoms with Gasteiger partial charge in [-0.05, 0) is 60.6 Å². The molecule has 0 saturated carbocycles. The van der Waals surface area contributed by atoms with E-state index in [1.54, 1.807) is 0 Å². The molecule has 5 heteroatoms. The average molecular weight is 446 g/mol. The fourth-order valence-electron chi connectivity index (χ4n) is 3.47. The van der Waals surface area contributed by atoms with E-state index in [9.17, 15) is 0 Å². The first-order valence-corrected chi connectivity index (χ1v) is 8.53. The summed E-state index contributed by atoms with van der Waals surface area (Å²) in [5.74, 6) is 0.479. The van der Waals surface area contributed by atoms with Crippen LogP contribution < -0.4 is 11.1 Å². The van der Waals surface area contributed by atoms with Crippen molar-refractivity contribution < 1.29 is 0 Å². The van der Waals surface area contributed by atoms with Crippen molar-refractivity contribution in [3.63, 3.8) is 0 Å². The summed E-state index contributed by atoms with van der Waals surface area (Å²) in [7, 11) is 0. The maximum atomic E-state index is 6.03. The van der Waals surface area contributed by atoms with E-state index in [1.165, 1.54) is 46.9 Å². The molecule has 0 atom stereocenters. The van der Waals surface area contributed by atoms with Gasteiger partial charge in [-0.2, -0.15) is 0 Å². The highest BCUT2D eigenvalue weighted by Crippen LogP contribution is 2.24. The second-order valence-corrected chi connectivity index (χ2v) is 6.34. The summed E-state index contributed by atoms with van der Waals surface area (Å²) < 4.78 is 0. The average Bonchev–Trinajstić information content (AvgIpc) is 3.21. The summed E-state index contributed by atoms with van der Waals surface area (Å²) in [4.78, 5) is 7.76. The Morgan fingerprint density at radius 2 is 1.96 bits per heavy atom. The monoisotopic (exact) mass is 446 g/mol. The number of hydrogen-bond donors (Lipinski definition) is 3. The van der Waals surface area contributed by atoms with Gasteiger partial charge >= 0.3 is 0 Å². The molecule has 3 aromatic rings. The number of guanidine groups is 1. The van der Waals surface area contributed by atoms with Crippen LogP contribution in [-0.4, -0.2) is 17.5 Å². The minimum atomic E-state index is 0. The summed E-state index contributed by atoms with van der Waals surface area (Å²) >= 11 is 0. The largest absolute Gasteiger partial charge is 0.370 e. The van der Waals surface area contributed by atoms with Crippen molar-refractivity contribution in [2.45, 2.75) is 25.7 Å². The van der Waals surface area contributed by atoms with Crippen molar-refractivity contribution in [1.29, 1.82) is 0 Å². The highest BCUT2D eigenvalue weighted by atomic mass is 127. The molecule has 0 spiro atoms. The molecule has 4 N–H and O–H groups in total. The van der Waals surface area contributed by atoms with Crippen molar-refractivity contribution >= 4 is 46.5 Å². The topological polar surface area (TPSA) is 66.2 Å². The maximum absolute atomic E-state index is 6.03. The number of hydrogen-bond acceptors (Lipinski definition) is 1. The second-order valence-electron chi connectivity index (χ2n) is 6.34. The molecule has 0 fully saturated rings. The molecule has 4 rings (SSSR count). The molecule has 0 unspecified atom stereocenters. The number of nitrogens with one attached hydrogen (secondary N) is 2. The van der Waals surface area contributed by atoms with Crippen LogP contribution in [-0.2, 0) is 19.3 Å². The zero-order chi connectivity index (χ0) is 16.4. The van der Waals surface area contributed by atoms with Crippen LogP contribution in [0.15, 0.2) is 53.7 Å². The minimum Gasteiger partial charge on any atom is -0.370 e. The number of aliphatic imine (C=N–C) groups is 1. The normalized spacial score (nSPS) is 13.5. The third-order valence-electron chi connectivity index (χ3n) is 4.71. The molecule has 0 aliphatic heterocycles. The number of nitrogens with two attached hydrogens (primary N) is 1. The molecule has 0 bridgehead atoms. The van der Waals surface area contributed by atoms with E-state index in [0.717, 1.165) is 12.1 Å². The molecular formula is C20H23IN4. The fourth-order valence-corrected chi connectivity index (χ4v) is 3.47. The van der Waals surface area contributed by atoms with Crippen molar-refractivity contribution in [2.24, 2.45) is 10.7 Å². The first-order chi connectivity index (χ1) is 11.8. The number of aromatic amines is 1. The van der Waals surface area contributed by atoms with Crippen LogP contribution in [0.25, 0.3) is 10.9 Å². The lowest BCUT2D eigenvalue weighted by Crippen LogP contribution is -2.23. The van der Waals surface area contributed by atoms with Crippen LogP contribution in [0.3, 0.4) is 0 Å². The van der Waals surface area contributed by atoms with Crippen LogP contribution >= 0.6 is 24.0 Å². The number of rotatable bonds is 4. The summed E-state index contributed by atoms with van der Waals surface area (Å²) in [6, 6.07) is 14.8. The predicted octanol–water partition coefficient (Wildman–Crippen LogP) is 4.24.